The Morgan fingerprint density at radius 1 is 1.32 bits per heavy atom. The standard InChI is InChI=1S/C19H19N5O/c1-20-16-11-24-17(10-21-19(24)9-13(16)12-25)15-7-4-8-18(23-15)22-14-5-2-3-6-14/h4,7-11,14,25H,2-3,5-6,12H2,(H,22,23). The number of aromatic nitrogens is 3. The maximum absolute atomic E-state index is 9.40. The van der Waals surface area contributed by atoms with Gasteiger partial charge >= 0.3 is 0 Å². The Morgan fingerprint density at radius 3 is 2.92 bits per heavy atom. The molecule has 0 amide bonds. The minimum Gasteiger partial charge on any atom is -0.393 e. The van der Waals surface area contributed by atoms with Gasteiger partial charge in [-0.2, -0.15) is 0 Å². The van der Waals surface area contributed by atoms with Crippen molar-refractivity contribution in [2.24, 2.45) is 0 Å². The molecule has 1 fully saturated rings. The molecule has 0 aliphatic heterocycles. The normalized spacial score (nSPS) is 14.7. The van der Waals surface area contributed by atoms with Gasteiger partial charge in [0, 0.05) is 12.2 Å². The zero-order valence-corrected chi connectivity index (χ0v) is 13.8. The van der Waals surface area contributed by atoms with Gasteiger partial charge in [-0.1, -0.05) is 18.9 Å². The van der Waals surface area contributed by atoms with Crippen molar-refractivity contribution in [1.82, 2.24) is 14.4 Å². The van der Waals surface area contributed by atoms with Gasteiger partial charge in [0.15, 0.2) is 0 Å². The van der Waals surface area contributed by atoms with Gasteiger partial charge in [0.2, 0.25) is 5.69 Å². The molecule has 0 saturated heterocycles. The van der Waals surface area contributed by atoms with Gasteiger partial charge in [-0.15, -0.1) is 0 Å². The first-order chi connectivity index (χ1) is 12.3. The molecule has 0 bridgehead atoms. The molecule has 6 heteroatoms. The number of pyridine rings is 2. The van der Waals surface area contributed by atoms with Crippen molar-refractivity contribution in [2.45, 2.75) is 38.3 Å². The second-order valence-corrected chi connectivity index (χ2v) is 6.36. The third-order valence-corrected chi connectivity index (χ3v) is 4.72. The molecule has 126 valence electrons. The fourth-order valence-corrected chi connectivity index (χ4v) is 3.41. The summed E-state index contributed by atoms with van der Waals surface area (Å²) in [6.07, 6.45) is 8.41. The van der Waals surface area contributed by atoms with Crippen LogP contribution in [0.1, 0.15) is 31.2 Å². The van der Waals surface area contributed by atoms with Crippen LogP contribution in [-0.4, -0.2) is 25.5 Å². The number of nitrogens with zero attached hydrogens (tertiary/aromatic N) is 4. The summed E-state index contributed by atoms with van der Waals surface area (Å²) >= 11 is 0. The molecule has 0 atom stereocenters. The van der Waals surface area contributed by atoms with Gasteiger partial charge in [-0.3, -0.25) is 0 Å². The van der Waals surface area contributed by atoms with Crippen molar-refractivity contribution in [3.63, 3.8) is 0 Å². The van der Waals surface area contributed by atoms with Gasteiger partial charge < -0.3 is 14.8 Å². The van der Waals surface area contributed by atoms with E-state index in [0.717, 1.165) is 17.2 Å². The van der Waals surface area contributed by atoms with Gasteiger partial charge in [-0.05, 0) is 36.6 Å². The van der Waals surface area contributed by atoms with E-state index in [0.29, 0.717) is 22.9 Å². The first kappa shape index (κ1) is 15.6. The smallest absolute Gasteiger partial charge is 0.208 e. The first-order valence-corrected chi connectivity index (χ1v) is 8.51. The van der Waals surface area contributed by atoms with Crippen LogP contribution in [0.25, 0.3) is 21.9 Å². The van der Waals surface area contributed by atoms with Crippen LogP contribution >= 0.6 is 0 Å². The van der Waals surface area contributed by atoms with Crippen molar-refractivity contribution in [3.8, 4) is 11.4 Å². The SMILES string of the molecule is [C-]#[N+]c1cn2c(-c3cccc(NC4CCCC4)n3)cnc2cc1CO. The molecule has 0 unspecified atom stereocenters. The van der Waals surface area contributed by atoms with Gasteiger partial charge in [0.05, 0.1) is 30.8 Å². The summed E-state index contributed by atoms with van der Waals surface area (Å²) in [6.45, 7) is 7.13. The lowest BCUT2D eigenvalue weighted by Crippen LogP contribution is -2.15. The van der Waals surface area contributed by atoms with E-state index in [4.69, 9.17) is 11.6 Å². The Kier molecular flexibility index (Phi) is 4.08. The Balaban J connectivity index is 1.73. The largest absolute Gasteiger partial charge is 0.393 e. The van der Waals surface area contributed by atoms with Crippen molar-refractivity contribution in [1.29, 1.82) is 0 Å². The fourth-order valence-electron chi connectivity index (χ4n) is 3.41. The molecule has 0 radical (unpaired) electrons. The zero-order valence-electron chi connectivity index (χ0n) is 13.8. The van der Waals surface area contributed by atoms with E-state index in [2.05, 4.69) is 15.1 Å². The van der Waals surface area contributed by atoms with Crippen LogP contribution < -0.4 is 5.32 Å². The molecule has 1 saturated carbocycles. The van der Waals surface area contributed by atoms with E-state index in [9.17, 15) is 5.11 Å². The zero-order chi connectivity index (χ0) is 17.2. The Labute approximate surface area is 146 Å². The van der Waals surface area contributed by atoms with E-state index in [1.54, 1.807) is 18.5 Å². The number of aliphatic hydroxyl groups excluding tert-OH is 1. The summed E-state index contributed by atoms with van der Waals surface area (Å²) in [6, 6.07) is 8.17. The van der Waals surface area contributed by atoms with Crippen LogP contribution in [-0.2, 0) is 6.61 Å². The highest BCUT2D eigenvalue weighted by molar-refractivity contribution is 5.66. The third-order valence-electron chi connectivity index (χ3n) is 4.72. The Hall–Kier alpha value is -2.91. The van der Waals surface area contributed by atoms with Crippen LogP contribution in [0.5, 0.6) is 0 Å². The lowest BCUT2D eigenvalue weighted by Gasteiger charge is -2.13. The molecular weight excluding hydrogens is 314 g/mol. The summed E-state index contributed by atoms with van der Waals surface area (Å²) in [5.74, 6) is 0.872. The van der Waals surface area contributed by atoms with Crippen LogP contribution in [0.3, 0.4) is 0 Å². The number of anilines is 1. The number of aliphatic hydroxyl groups is 1. The number of nitrogens with one attached hydrogen (secondary N) is 1. The van der Waals surface area contributed by atoms with Crippen LogP contribution in [0.4, 0.5) is 11.5 Å². The minimum absolute atomic E-state index is 0.171. The molecule has 3 heterocycles. The van der Waals surface area contributed by atoms with Crippen molar-refractivity contribution >= 4 is 17.2 Å². The summed E-state index contributed by atoms with van der Waals surface area (Å²) in [5.41, 5.74) is 3.35. The molecule has 1 aliphatic rings. The molecule has 3 aromatic heterocycles. The molecule has 1 aliphatic carbocycles. The van der Waals surface area contributed by atoms with E-state index < -0.39 is 0 Å². The summed E-state index contributed by atoms with van der Waals surface area (Å²) < 4.78 is 1.86. The monoisotopic (exact) mass is 333 g/mol. The lowest BCUT2D eigenvalue weighted by molar-refractivity contribution is 0.282. The molecule has 0 spiro atoms. The number of hydrogen-bond donors (Lipinski definition) is 2. The lowest BCUT2D eigenvalue weighted by atomic mass is 10.2. The molecule has 6 nitrogen and oxygen atoms in total. The van der Waals surface area contributed by atoms with E-state index in [1.165, 1.54) is 25.7 Å². The second-order valence-electron chi connectivity index (χ2n) is 6.36. The quantitative estimate of drug-likeness (QED) is 0.713. The predicted molar refractivity (Wildman–Crippen MR) is 96.5 cm³/mol. The maximum Gasteiger partial charge on any atom is 0.208 e. The number of rotatable bonds is 4. The van der Waals surface area contributed by atoms with E-state index >= 15 is 0 Å². The molecule has 2 N–H and O–H groups in total. The van der Waals surface area contributed by atoms with Crippen LogP contribution in [0, 0.1) is 6.57 Å². The summed E-state index contributed by atoms with van der Waals surface area (Å²) in [7, 11) is 0. The molecule has 0 aromatic carbocycles. The minimum atomic E-state index is -0.171. The number of imidazole rings is 1. The average molecular weight is 333 g/mol. The molecule has 3 aromatic rings. The van der Waals surface area contributed by atoms with Crippen LogP contribution in [0.2, 0.25) is 0 Å². The molecule has 4 rings (SSSR count). The molecule has 25 heavy (non-hydrogen) atoms. The first-order valence-electron chi connectivity index (χ1n) is 8.51. The Morgan fingerprint density at radius 2 is 2.16 bits per heavy atom. The topological polar surface area (TPSA) is 66.8 Å². The molecular formula is C19H19N5O. The van der Waals surface area contributed by atoms with E-state index in [-0.39, 0.29) is 6.61 Å². The van der Waals surface area contributed by atoms with E-state index in [1.807, 2.05) is 22.6 Å². The van der Waals surface area contributed by atoms with Crippen molar-refractivity contribution in [3.05, 3.63) is 53.6 Å². The van der Waals surface area contributed by atoms with Crippen molar-refractivity contribution < 1.29 is 5.11 Å². The highest BCUT2D eigenvalue weighted by atomic mass is 16.3. The third kappa shape index (κ3) is 2.94. The van der Waals surface area contributed by atoms with Crippen LogP contribution in [0.15, 0.2) is 36.7 Å². The predicted octanol–water partition coefficient (Wildman–Crippen LogP) is 3.79. The number of fused-ring (bicyclic) bond motifs is 1. The second kappa shape index (κ2) is 6.54. The van der Waals surface area contributed by atoms with Gasteiger partial charge in [-0.25, -0.2) is 14.8 Å². The summed E-state index contributed by atoms with van der Waals surface area (Å²) in [4.78, 5) is 12.6. The summed E-state index contributed by atoms with van der Waals surface area (Å²) in [5, 5.41) is 12.9. The van der Waals surface area contributed by atoms with Gasteiger partial charge in [0.1, 0.15) is 11.5 Å². The highest BCUT2D eigenvalue weighted by Gasteiger charge is 2.16. The Bertz CT molecular complexity index is 950. The maximum atomic E-state index is 9.40. The number of hydrogen-bond acceptors (Lipinski definition) is 4. The fraction of sp³-hybridized carbons (Fsp3) is 0.316. The highest BCUT2D eigenvalue weighted by Crippen LogP contribution is 2.27. The van der Waals surface area contributed by atoms with Gasteiger partial charge in [0.25, 0.3) is 0 Å². The van der Waals surface area contributed by atoms with Crippen molar-refractivity contribution in [2.75, 3.05) is 5.32 Å². The average Bonchev–Trinajstić information content (AvgIpc) is 3.29.